The Morgan fingerprint density at radius 3 is 2.52 bits per heavy atom. The van der Waals surface area contributed by atoms with E-state index in [1.54, 1.807) is 36.5 Å². The van der Waals surface area contributed by atoms with E-state index < -0.39 is 34.4 Å². The van der Waals surface area contributed by atoms with Gasteiger partial charge in [-0.05, 0) is 60.2 Å². The number of nitrogens with one attached hydrogen (secondary N) is 2. The Bertz CT molecular complexity index is 1530. The Kier molecular flexibility index (Phi) is 8.08. The zero-order valence-corrected chi connectivity index (χ0v) is 24.7. The number of pyridine rings is 1. The number of guanidine groups is 1. The zero-order valence-electron chi connectivity index (χ0n) is 22.3. The Hall–Kier alpha value is -3.34. The number of hydrogen-bond acceptors (Lipinski definition) is 4. The monoisotopic (exact) mass is 630 g/mol. The number of carboxylic acid groups (broad SMARTS) is 1. The van der Waals surface area contributed by atoms with Crippen LogP contribution in [0.4, 0.5) is 9.18 Å². The third kappa shape index (κ3) is 6.04. The average molecular weight is 632 g/mol. The quantitative estimate of drug-likeness (QED) is 0.258. The number of nitrogens with zero attached hydrogens (tertiary/aromatic N) is 2. The highest BCUT2D eigenvalue weighted by Gasteiger charge is 2.53. The molecule has 40 heavy (non-hydrogen) atoms. The summed E-state index contributed by atoms with van der Waals surface area (Å²) in [6.45, 7) is 7.58. The number of aliphatic hydroxyl groups is 1. The number of aryl methyl sites for hydroxylation is 1. The first-order valence-corrected chi connectivity index (χ1v) is 13.6. The van der Waals surface area contributed by atoms with E-state index in [1.165, 1.54) is 12.1 Å². The zero-order chi connectivity index (χ0) is 29.5. The predicted octanol–water partition coefficient (Wildman–Crippen LogP) is 6.17. The molecule has 1 fully saturated rings. The van der Waals surface area contributed by atoms with Gasteiger partial charge in [-0.3, -0.25) is 15.1 Å². The summed E-state index contributed by atoms with van der Waals surface area (Å²) >= 11 is 9.84. The van der Waals surface area contributed by atoms with Gasteiger partial charge >= 0.3 is 6.09 Å². The number of aliphatic imine (C=N–C) groups is 1. The van der Waals surface area contributed by atoms with Gasteiger partial charge in [-0.15, -0.1) is 4.99 Å². The molecule has 1 aliphatic heterocycles. The van der Waals surface area contributed by atoms with Crippen LogP contribution < -0.4 is 10.6 Å². The maximum atomic E-state index is 15.6. The molecule has 4 N–H and O–H groups in total. The van der Waals surface area contributed by atoms with Crippen LogP contribution in [0.25, 0.3) is 11.3 Å². The minimum atomic E-state index is -2.08. The molecule has 0 bridgehead atoms. The van der Waals surface area contributed by atoms with E-state index in [0.717, 1.165) is 5.56 Å². The summed E-state index contributed by atoms with van der Waals surface area (Å²) in [5, 5.41) is 27.5. The highest BCUT2D eigenvalue weighted by atomic mass is 79.9. The Balaban J connectivity index is 1.96. The molecule has 4 rings (SSSR count). The van der Waals surface area contributed by atoms with Crippen molar-refractivity contribution < 1.29 is 24.2 Å². The minimum Gasteiger partial charge on any atom is -0.463 e. The normalized spacial score (nSPS) is 19.7. The summed E-state index contributed by atoms with van der Waals surface area (Å²) in [6, 6.07) is 12.8. The van der Waals surface area contributed by atoms with Gasteiger partial charge in [0.25, 0.3) is 5.91 Å². The molecule has 2 atom stereocenters. The Labute approximate surface area is 244 Å². The van der Waals surface area contributed by atoms with E-state index in [4.69, 9.17) is 11.6 Å². The standard InChI is InChI=1S/C29H29BrClFN4O4/c1-16-6-5-11-33-23(16)19-12-17(7-10-21(19)31)29(40,20-9-8-18(30)13-22(20)32)15-28(14-27(2,3)4)24(37)34-25(36-28)35-26(38)39/h5-13,40H,14-15H2,1-4H3,(H,38,39)(H2,34,35,36,37)/t28-,29+/m1/s1. The number of carbonyl (C=O) groups excluding carboxylic acids is 1. The van der Waals surface area contributed by atoms with E-state index in [0.29, 0.717) is 20.8 Å². The Morgan fingerprint density at radius 1 is 1.18 bits per heavy atom. The number of benzene rings is 2. The van der Waals surface area contributed by atoms with Crippen LogP contribution in [-0.2, 0) is 10.4 Å². The highest BCUT2D eigenvalue weighted by Crippen LogP contribution is 2.45. The van der Waals surface area contributed by atoms with Gasteiger partial charge < -0.3 is 15.5 Å². The van der Waals surface area contributed by atoms with Crippen LogP contribution >= 0.6 is 27.5 Å². The third-order valence-corrected chi connectivity index (χ3v) is 7.53. The number of amides is 2. The van der Waals surface area contributed by atoms with Gasteiger partial charge in [0, 0.05) is 33.2 Å². The number of carbonyl (C=O) groups is 2. The molecule has 0 spiro atoms. The van der Waals surface area contributed by atoms with Crippen molar-refractivity contribution in [3.05, 3.63) is 86.7 Å². The summed E-state index contributed by atoms with van der Waals surface area (Å²) in [7, 11) is 0. The van der Waals surface area contributed by atoms with E-state index in [1.807, 2.05) is 33.8 Å². The van der Waals surface area contributed by atoms with Gasteiger partial charge in [0.05, 0.1) is 5.69 Å². The van der Waals surface area contributed by atoms with E-state index in [-0.39, 0.29) is 29.9 Å². The molecule has 210 valence electrons. The largest absolute Gasteiger partial charge is 0.463 e. The van der Waals surface area contributed by atoms with Gasteiger partial charge in [0.15, 0.2) is 0 Å². The van der Waals surface area contributed by atoms with Crippen LogP contribution in [-0.4, -0.2) is 38.7 Å². The van der Waals surface area contributed by atoms with Crippen LogP contribution in [0.2, 0.25) is 5.02 Å². The first-order chi connectivity index (χ1) is 18.6. The number of hydrogen-bond donors (Lipinski definition) is 4. The first-order valence-electron chi connectivity index (χ1n) is 12.4. The van der Waals surface area contributed by atoms with Crippen LogP contribution in [0.1, 0.15) is 50.3 Å². The lowest BCUT2D eigenvalue weighted by atomic mass is 9.70. The second kappa shape index (κ2) is 10.9. The fourth-order valence-corrected chi connectivity index (χ4v) is 5.80. The van der Waals surface area contributed by atoms with Crippen molar-refractivity contribution in [3.63, 3.8) is 0 Å². The maximum Gasteiger partial charge on any atom is 0.434 e. The van der Waals surface area contributed by atoms with Crippen LogP contribution in [0.3, 0.4) is 0 Å². The van der Waals surface area contributed by atoms with Gasteiger partial charge in [-0.2, -0.15) is 0 Å². The maximum absolute atomic E-state index is 15.6. The molecular formula is C29H29BrClFN4O4. The lowest BCUT2D eigenvalue weighted by molar-refractivity contribution is -0.127. The molecule has 11 heteroatoms. The summed E-state index contributed by atoms with van der Waals surface area (Å²) in [5.74, 6) is -1.56. The SMILES string of the molecule is Cc1cccnc1-c1cc([C@@](O)(C[C@@]2(CC(C)(C)C)NC(=NC(=O)O)NC2=O)c2ccc(Br)cc2F)ccc1Cl. The molecule has 1 aliphatic rings. The molecule has 8 nitrogen and oxygen atoms in total. The number of aromatic nitrogens is 1. The first kappa shape index (κ1) is 29.6. The molecule has 0 unspecified atom stereocenters. The van der Waals surface area contributed by atoms with E-state index in [9.17, 15) is 19.8 Å². The fraction of sp³-hybridized carbons (Fsp3) is 0.310. The second-order valence-corrected chi connectivity index (χ2v) is 12.5. The smallest absolute Gasteiger partial charge is 0.434 e. The molecule has 2 heterocycles. The van der Waals surface area contributed by atoms with Gasteiger partial charge in [0.1, 0.15) is 17.0 Å². The number of halogens is 3. The molecule has 0 saturated carbocycles. The van der Waals surface area contributed by atoms with Crippen LogP contribution in [0, 0.1) is 18.2 Å². The highest BCUT2D eigenvalue weighted by molar-refractivity contribution is 9.10. The summed E-state index contributed by atoms with van der Waals surface area (Å²) in [4.78, 5) is 32.7. The van der Waals surface area contributed by atoms with E-state index in [2.05, 4.69) is 36.5 Å². The van der Waals surface area contributed by atoms with Crippen molar-refractivity contribution in [2.24, 2.45) is 10.4 Å². The predicted molar refractivity (Wildman–Crippen MR) is 155 cm³/mol. The lowest BCUT2D eigenvalue weighted by Gasteiger charge is -2.40. The van der Waals surface area contributed by atoms with Crippen molar-refractivity contribution in [1.82, 2.24) is 15.6 Å². The van der Waals surface area contributed by atoms with Crippen molar-refractivity contribution >= 4 is 45.5 Å². The summed E-state index contributed by atoms with van der Waals surface area (Å²) in [5.41, 5.74) is -1.96. The van der Waals surface area contributed by atoms with Gasteiger partial charge in [-0.1, -0.05) is 66.5 Å². The van der Waals surface area contributed by atoms with Crippen LogP contribution in [0.5, 0.6) is 0 Å². The number of rotatable bonds is 6. The molecule has 1 saturated heterocycles. The van der Waals surface area contributed by atoms with Gasteiger partial charge in [-0.25, -0.2) is 9.18 Å². The van der Waals surface area contributed by atoms with Crippen LogP contribution in [0.15, 0.2) is 64.2 Å². The topological polar surface area (TPSA) is 124 Å². The van der Waals surface area contributed by atoms with Crippen molar-refractivity contribution in [2.45, 2.75) is 51.7 Å². The molecule has 2 amide bonds. The molecule has 3 aromatic rings. The van der Waals surface area contributed by atoms with Crippen molar-refractivity contribution in [3.8, 4) is 11.3 Å². The summed E-state index contributed by atoms with van der Waals surface area (Å²) in [6.07, 6.45) is -0.0789. The molecule has 1 aromatic heterocycles. The average Bonchev–Trinajstić information content (AvgIpc) is 3.11. The molecular weight excluding hydrogens is 603 g/mol. The fourth-order valence-electron chi connectivity index (χ4n) is 5.26. The Morgan fingerprint density at radius 2 is 1.90 bits per heavy atom. The van der Waals surface area contributed by atoms with Gasteiger partial charge in [0.2, 0.25) is 5.96 Å². The molecule has 2 aromatic carbocycles. The van der Waals surface area contributed by atoms with Crippen molar-refractivity contribution in [2.75, 3.05) is 0 Å². The second-order valence-electron chi connectivity index (χ2n) is 11.2. The van der Waals surface area contributed by atoms with E-state index >= 15 is 4.39 Å². The van der Waals surface area contributed by atoms with Crippen molar-refractivity contribution in [1.29, 1.82) is 0 Å². The minimum absolute atomic E-state index is 0.0757. The molecule has 0 aliphatic carbocycles. The molecule has 0 radical (unpaired) electrons. The summed E-state index contributed by atoms with van der Waals surface area (Å²) < 4.78 is 16.1. The third-order valence-electron chi connectivity index (χ3n) is 6.71. The lowest BCUT2D eigenvalue weighted by Crippen LogP contribution is -2.54.